The van der Waals surface area contributed by atoms with Gasteiger partial charge in [-0.1, -0.05) is 89.1 Å². The van der Waals surface area contributed by atoms with E-state index in [4.69, 9.17) is 0 Å². The Balaban J connectivity index is 0.000000236. The number of benzene rings is 2. The number of aromatic nitrogens is 2. The molecule has 2 heterocycles. The van der Waals surface area contributed by atoms with Gasteiger partial charge in [-0.2, -0.15) is 0 Å². The number of unbranched alkanes of at least 4 members (excludes halogenated alkanes) is 2. The minimum Gasteiger partial charge on any atom is -0.387 e. The molecule has 0 aliphatic rings. The molecule has 4 aromatic rings. The summed E-state index contributed by atoms with van der Waals surface area (Å²) in [7, 11) is 0. The van der Waals surface area contributed by atoms with Crippen LogP contribution in [0.1, 0.15) is 71.4 Å². The number of pyridine rings is 2. The maximum absolute atomic E-state index is 4.51. The van der Waals surface area contributed by atoms with Crippen LogP contribution in [0.15, 0.2) is 84.8 Å². The third-order valence-corrected chi connectivity index (χ3v) is 7.41. The van der Waals surface area contributed by atoms with Crippen molar-refractivity contribution in [2.24, 2.45) is 5.41 Å². The molecule has 232 valence electrons. The van der Waals surface area contributed by atoms with Gasteiger partial charge in [0.05, 0.1) is 11.0 Å². The van der Waals surface area contributed by atoms with Gasteiger partial charge in [-0.25, -0.2) is 0 Å². The van der Waals surface area contributed by atoms with Crippen LogP contribution in [0.5, 0.6) is 0 Å². The Bertz CT molecular complexity index is 1370. The molecule has 0 saturated heterocycles. The van der Waals surface area contributed by atoms with E-state index in [9.17, 15) is 0 Å². The van der Waals surface area contributed by atoms with E-state index in [-0.39, 0.29) is 5.41 Å². The summed E-state index contributed by atoms with van der Waals surface area (Å²) >= 11 is 0. The maximum atomic E-state index is 4.51. The summed E-state index contributed by atoms with van der Waals surface area (Å²) in [6.07, 6.45) is 10.8. The molecule has 2 aromatic heterocycles. The van der Waals surface area contributed by atoms with Crippen molar-refractivity contribution in [3.05, 3.63) is 96.0 Å². The highest BCUT2D eigenvalue weighted by atomic mass is 14.9. The molecule has 0 unspecified atom stereocenters. The van der Waals surface area contributed by atoms with Crippen LogP contribution in [-0.4, -0.2) is 42.7 Å². The van der Waals surface area contributed by atoms with Crippen LogP contribution >= 0.6 is 0 Å². The standard InChI is InChI=1S/C19H29N3.C18H25N3/c1-4-5-11-20-14-19(2,3)15-21-13-17-9-6-8-16-10-7-12-22-18(16)17;1-3-4-10-19-12-15(2)13-20-14-17-8-5-7-16-9-6-11-21-18(16)17/h6-10,12,20-21H,4-5,11,13-15H2,1-3H3;5-9,11,13,19-20H,3-4,10,12,14H2,1-2H3/b;15-13+. The summed E-state index contributed by atoms with van der Waals surface area (Å²) in [6.45, 7) is 18.1. The topological polar surface area (TPSA) is 73.9 Å². The largest absolute Gasteiger partial charge is 0.387 e. The summed E-state index contributed by atoms with van der Waals surface area (Å²) in [5.41, 5.74) is 6.27. The molecule has 0 radical (unpaired) electrons. The third-order valence-electron chi connectivity index (χ3n) is 7.41. The van der Waals surface area contributed by atoms with Gasteiger partial charge in [0.15, 0.2) is 0 Å². The molecule has 2 aromatic carbocycles. The summed E-state index contributed by atoms with van der Waals surface area (Å²) in [6, 6.07) is 20.9. The number of nitrogens with one attached hydrogen (secondary N) is 4. The van der Waals surface area contributed by atoms with E-state index >= 15 is 0 Å². The van der Waals surface area contributed by atoms with Crippen LogP contribution in [0.2, 0.25) is 0 Å². The van der Waals surface area contributed by atoms with Crippen LogP contribution in [-0.2, 0) is 13.1 Å². The fraction of sp³-hybridized carbons (Fsp3) is 0.459. The maximum Gasteiger partial charge on any atom is 0.0751 e. The van der Waals surface area contributed by atoms with Crippen LogP contribution in [0.4, 0.5) is 0 Å². The smallest absolute Gasteiger partial charge is 0.0751 e. The Labute approximate surface area is 260 Å². The first-order valence-corrected chi connectivity index (χ1v) is 16.1. The Hall–Kier alpha value is -3.32. The second-order valence-electron chi connectivity index (χ2n) is 12.2. The van der Waals surface area contributed by atoms with Gasteiger partial charge in [0, 0.05) is 55.9 Å². The van der Waals surface area contributed by atoms with Crippen LogP contribution in [0, 0.1) is 5.41 Å². The molecule has 0 saturated carbocycles. The van der Waals surface area contributed by atoms with Crippen molar-refractivity contribution >= 4 is 21.8 Å². The lowest BCUT2D eigenvalue weighted by atomic mass is 9.93. The molecule has 0 atom stereocenters. The molecule has 4 rings (SSSR count). The van der Waals surface area contributed by atoms with Gasteiger partial charge in [-0.05, 0) is 73.3 Å². The zero-order valence-corrected chi connectivity index (χ0v) is 27.2. The Morgan fingerprint density at radius 1 is 0.698 bits per heavy atom. The highest BCUT2D eigenvalue weighted by Gasteiger charge is 2.16. The average molecular weight is 583 g/mol. The van der Waals surface area contributed by atoms with Crippen LogP contribution in [0.25, 0.3) is 21.8 Å². The van der Waals surface area contributed by atoms with Gasteiger partial charge in [-0.15, -0.1) is 0 Å². The van der Waals surface area contributed by atoms with E-state index in [0.717, 1.165) is 56.8 Å². The first-order chi connectivity index (χ1) is 20.9. The molecule has 43 heavy (non-hydrogen) atoms. The first-order valence-electron chi connectivity index (χ1n) is 16.1. The fourth-order valence-electron chi connectivity index (χ4n) is 4.92. The monoisotopic (exact) mass is 582 g/mol. The average Bonchev–Trinajstić information content (AvgIpc) is 3.02. The van der Waals surface area contributed by atoms with Crippen molar-refractivity contribution in [3.8, 4) is 0 Å². The summed E-state index contributed by atoms with van der Waals surface area (Å²) in [4.78, 5) is 8.99. The summed E-state index contributed by atoms with van der Waals surface area (Å²) in [5.74, 6) is 0. The number of nitrogens with zero attached hydrogens (tertiary/aromatic N) is 2. The molecule has 0 spiro atoms. The van der Waals surface area contributed by atoms with Gasteiger partial charge < -0.3 is 21.3 Å². The normalized spacial score (nSPS) is 11.9. The van der Waals surface area contributed by atoms with E-state index in [1.807, 2.05) is 24.5 Å². The molecular weight excluding hydrogens is 528 g/mol. The Morgan fingerprint density at radius 2 is 1.23 bits per heavy atom. The van der Waals surface area contributed by atoms with E-state index in [2.05, 4.69) is 121 Å². The van der Waals surface area contributed by atoms with Gasteiger partial charge in [-0.3, -0.25) is 9.97 Å². The predicted octanol–water partition coefficient (Wildman–Crippen LogP) is 7.36. The van der Waals surface area contributed by atoms with E-state index in [1.165, 1.54) is 53.2 Å². The third kappa shape index (κ3) is 12.4. The quantitative estimate of drug-likeness (QED) is 0.0975. The minimum absolute atomic E-state index is 0.256. The number of hydrogen-bond donors (Lipinski definition) is 4. The van der Waals surface area contributed by atoms with Crippen molar-refractivity contribution in [1.29, 1.82) is 0 Å². The highest BCUT2D eigenvalue weighted by molar-refractivity contribution is 5.82. The molecule has 0 fully saturated rings. The van der Waals surface area contributed by atoms with E-state index in [0.29, 0.717) is 0 Å². The van der Waals surface area contributed by atoms with E-state index < -0.39 is 0 Å². The lowest BCUT2D eigenvalue weighted by molar-refractivity contribution is 0.319. The van der Waals surface area contributed by atoms with Crippen molar-refractivity contribution < 1.29 is 0 Å². The second kappa shape index (κ2) is 19.1. The second-order valence-corrected chi connectivity index (χ2v) is 12.2. The summed E-state index contributed by atoms with van der Waals surface area (Å²) < 4.78 is 0. The fourth-order valence-corrected chi connectivity index (χ4v) is 4.92. The van der Waals surface area contributed by atoms with Gasteiger partial charge in [0.1, 0.15) is 0 Å². The van der Waals surface area contributed by atoms with Gasteiger partial charge in [0.2, 0.25) is 0 Å². The number of rotatable bonds is 17. The number of para-hydroxylation sites is 2. The Morgan fingerprint density at radius 3 is 1.84 bits per heavy atom. The zero-order chi connectivity index (χ0) is 30.8. The minimum atomic E-state index is 0.256. The van der Waals surface area contributed by atoms with Gasteiger partial charge >= 0.3 is 0 Å². The molecular formula is C37H54N6. The predicted molar refractivity (Wildman–Crippen MR) is 185 cm³/mol. The van der Waals surface area contributed by atoms with Crippen LogP contribution < -0.4 is 21.3 Å². The molecule has 6 nitrogen and oxygen atoms in total. The lowest BCUT2D eigenvalue weighted by Gasteiger charge is -2.25. The molecule has 0 amide bonds. The van der Waals surface area contributed by atoms with E-state index in [1.54, 1.807) is 0 Å². The SMILES string of the molecule is CCCCNC/C(C)=C/NCc1cccc2cccnc12.CCCCNCC(C)(C)CNCc1cccc2cccnc12. The lowest BCUT2D eigenvalue weighted by Crippen LogP contribution is -2.38. The molecule has 4 N–H and O–H groups in total. The summed E-state index contributed by atoms with van der Waals surface area (Å²) in [5, 5.41) is 16.4. The molecule has 6 heteroatoms. The first kappa shape index (κ1) is 34.2. The van der Waals surface area contributed by atoms with Gasteiger partial charge in [0.25, 0.3) is 0 Å². The molecule has 0 aliphatic heterocycles. The van der Waals surface area contributed by atoms with Crippen molar-refractivity contribution in [3.63, 3.8) is 0 Å². The Kier molecular flexibility index (Phi) is 15.1. The molecule has 0 aliphatic carbocycles. The highest BCUT2D eigenvalue weighted by Crippen LogP contribution is 2.17. The van der Waals surface area contributed by atoms with Crippen molar-refractivity contribution in [2.45, 2.75) is 73.4 Å². The van der Waals surface area contributed by atoms with Crippen LogP contribution in [0.3, 0.4) is 0 Å². The number of hydrogen-bond acceptors (Lipinski definition) is 6. The van der Waals surface area contributed by atoms with Crippen molar-refractivity contribution in [1.82, 2.24) is 31.2 Å². The zero-order valence-electron chi connectivity index (χ0n) is 27.2. The molecule has 0 bridgehead atoms. The number of fused-ring (bicyclic) bond motifs is 2. The van der Waals surface area contributed by atoms with Crippen molar-refractivity contribution in [2.75, 3.05) is 32.7 Å².